The van der Waals surface area contributed by atoms with Crippen LogP contribution in [0.15, 0.2) is 46.9 Å². The molecule has 6 nitrogen and oxygen atoms in total. The molecule has 2 aromatic rings. The van der Waals surface area contributed by atoms with Gasteiger partial charge in [0.25, 0.3) is 5.91 Å². The molecule has 1 N–H and O–H groups in total. The standard InChI is InChI=1S/C18H18BrNO5/c1-11(17(21)20-14-7-5-13(19)6-8-14)25-18(22)12-4-9-15(23-2)16(10-12)24-3/h4-11H,1-3H3,(H,20,21)/t11-/m1/s1. The van der Waals surface area contributed by atoms with Gasteiger partial charge in [-0.2, -0.15) is 0 Å². The highest BCUT2D eigenvalue weighted by Crippen LogP contribution is 2.28. The number of amides is 1. The third-order valence-electron chi connectivity index (χ3n) is 3.38. The van der Waals surface area contributed by atoms with Crippen LogP contribution in [0.25, 0.3) is 0 Å². The number of esters is 1. The molecule has 25 heavy (non-hydrogen) atoms. The Morgan fingerprint density at radius 3 is 2.24 bits per heavy atom. The summed E-state index contributed by atoms with van der Waals surface area (Å²) in [5.74, 6) is -0.139. The van der Waals surface area contributed by atoms with Crippen molar-refractivity contribution in [3.05, 3.63) is 52.5 Å². The molecule has 0 unspecified atom stereocenters. The molecule has 2 aromatic carbocycles. The van der Waals surface area contributed by atoms with Gasteiger partial charge in [0.15, 0.2) is 17.6 Å². The predicted octanol–water partition coefficient (Wildman–Crippen LogP) is 3.65. The average molecular weight is 408 g/mol. The van der Waals surface area contributed by atoms with Crippen LogP contribution in [0.5, 0.6) is 11.5 Å². The van der Waals surface area contributed by atoms with E-state index in [0.29, 0.717) is 17.2 Å². The van der Waals surface area contributed by atoms with E-state index in [1.165, 1.54) is 27.2 Å². The Balaban J connectivity index is 2.01. The van der Waals surface area contributed by atoms with Crippen LogP contribution in [-0.2, 0) is 9.53 Å². The number of rotatable bonds is 6. The summed E-state index contributed by atoms with van der Waals surface area (Å²) in [5, 5.41) is 2.68. The molecule has 0 saturated carbocycles. The van der Waals surface area contributed by atoms with E-state index in [-0.39, 0.29) is 5.56 Å². The highest BCUT2D eigenvalue weighted by molar-refractivity contribution is 9.10. The van der Waals surface area contributed by atoms with Gasteiger partial charge in [0.1, 0.15) is 0 Å². The molecular weight excluding hydrogens is 390 g/mol. The lowest BCUT2D eigenvalue weighted by Gasteiger charge is -2.14. The molecule has 2 rings (SSSR count). The monoisotopic (exact) mass is 407 g/mol. The number of benzene rings is 2. The Morgan fingerprint density at radius 1 is 1.00 bits per heavy atom. The lowest BCUT2D eigenvalue weighted by molar-refractivity contribution is -0.123. The van der Waals surface area contributed by atoms with Gasteiger partial charge in [0.05, 0.1) is 19.8 Å². The van der Waals surface area contributed by atoms with Gasteiger partial charge in [-0.3, -0.25) is 4.79 Å². The molecule has 0 saturated heterocycles. The predicted molar refractivity (Wildman–Crippen MR) is 97.2 cm³/mol. The first-order valence-electron chi connectivity index (χ1n) is 7.44. The van der Waals surface area contributed by atoms with E-state index in [9.17, 15) is 9.59 Å². The van der Waals surface area contributed by atoms with Crippen molar-refractivity contribution in [3.63, 3.8) is 0 Å². The zero-order valence-electron chi connectivity index (χ0n) is 14.0. The number of ether oxygens (including phenoxy) is 3. The first kappa shape index (κ1) is 18.8. The Labute approximate surface area is 154 Å². The maximum absolute atomic E-state index is 12.2. The van der Waals surface area contributed by atoms with E-state index >= 15 is 0 Å². The Hall–Kier alpha value is -2.54. The van der Waals surface area contributed by atoms with Crippen LogP contribution in [0.1, 0.15) is 17.3 Å². The van der Waals surface area contributed by atoms with Crippen LogP contribution >= 0.6 is 15.9 Å². The molecule has 1 atom stereocenters. The van der Waals surface area contributed by atoms with Gasteiger partial charge in [-0.25, -0.2) is 4.79 Å². The molecule has 0 aliphatic carbocycles. The van der Waals surface area contributed by atoms with Crippen molar-refractivity contribution < 1.29 is 23.8 Å². The number of halogens is 1. The van der Waals surface area contributed by atoms with Gasteiger partial charge >= 0.3 is 5.97 Å². The molecule has 0 aromatic heterocycles. The quantitative estimate of drug-likeness (QED) is 0.739. The molecule has 0 radical (unpaired) electrons. The van der Waals surface area contributed by atoms with Crippen LogP contribution in [0.2, 0.25) is 0 Å². The highest BCUT2D eigenvalue weighted by atomic mass is 79.9. The first-order valence-corrected chi connectivity index (χ1v) is 8.23. The van der Waals surface area contributed by atoms with E-state index in [0.717, 1.165) is 4.47 Å². The largest absolute Gasteiger partial charge is 0.493 e. The van der Waals surface area contributed by atoms with Crippen molar-refractivity contribution in [2.45, 2.75) is 13.0 Å². The van der Waals surface area contributed by atoms with Gasteiger partial charge in [-0.05, 0) is 49.4 Å². The minimum Gasteiger partial charge on any atom is -0.493 e. The number of methoxy groups -OCH3 is 2. The smallest absolute Gasteiger partial charge is 0.339 e. The summed E-state index contributed by atoms with van der Waals surface area (Å²) in [5.41, 5.74) is 0.878. The molecule has 7 heteroatoms. The molecule has 0 aliphatic heterocycles. The molecule has 0 fully saturated rings. The van der Waals surface area contributed by atoms with Gasteiger partial charge in [0, 0.05) is 10.2 Å². The van der Waals surface area contributed by atoms with Gasteiger partial charge in [-0.1, -0.05) is 15.9 Å². The lowest BCUT2D eigenvalue weighted by Crippen LogP contribution is -2.30. The molecule has 0 heterocycles. The average Bonchev–Trinajstić information content (AvgIpc) is 2.62. The Bertz CT molecular complexity index is 761. The second kappa shape index (κ2) is 8.53. The van der Waals surface area contributed by atoms with Crippen LogP contribution in [-0.4, -0.2) is 32.2 Å². The molecule has 132 valence electrons. The summed E-state index contributed by atoms with van der Waals surface area (Å²) in [6.45, 7) is 1.51. The minimum atomic E-state index is -0.954. The zero-order chi connectivity index (χ0) is 18.4. The van der Waals surface area contributed by atoms with E-state index in [2.05, 4.69) is 21.2 Å². The second-order valence-electron chi connectivity index (χ2n) is 5.11. The maximum atomic E-state index is 12.2. The lowest BCUT2D eigenvalue weighted by atomic mass is 10.2. The van der Waals surface area contributed by atoms with Gasteiger partial charge in [0.2, 0.25) is 0 Å². The normalized spacial score (nSPS) is 11.4. The zero-order valence-corrected chi connectivity index (χ0v) is 15.6. The van der Waals surface area contributed by atoms with Crippen LogP contribution in [0.3, 0.4) is 0 Å². The Kier molecular flexibility index (Phi) is 6.41. The number of hydrogen-bond donors (Lipinski definition) is 1. The Morgan fingerprint density at radius 2 is 1.64 bits per heavy atom. The SMILES string of the molecule is COc1ccc(C(=O)O[C@H](C)C(=O)Nc2ccc(Br)cc2)cc1OC. The van der Waals surface area contributed by atoms with Crippen molar-refractivity contribution in [2.75, 3.05) is 19.5 Å². The van der Waals surface area contributed by atoms with Crippen molar-refractivity contribution in [3.8, 4) is 11.5 Å². The number of hydrogen-bond acceptors (Lipinski definition) is 5. The maximum Gasteiger partial charge on any atom is 0.339 e. The van der Waals surface area contributed by atoms with E-state index in [1.807, 2.05) is 0 Å². The summed E-state index contributed by atoms with van der Waals surface area (Å²) < 4.78 is 16.4. The van der Waals surface area contributed by atoms with Crippen molar-refractivity contribution >= 4 is 33.5 Å². The number of carbonyl (C=O) groups excluding carboxylic acids is 2. The van der Waals surface area contributed by atoms with Crippen LogP contribution < -0.4 is 14.8 Å². The van der Waals surface area contributed by atoms with Gasteiger partial charge < -0.3 is 19.5 Å². The van der Waals surface area contributed by atoms with Crippen molar-refractivity contribution in [1.29, 1.82) is 0 Å². The minimum absolute atomic E-state index is 0.265. The third-order valence-corrected chi connectivity index (χ3v) is 3.91. The molecular formula is C18H18BrNO5. The summed E-state index contributed by atoms with van der Waals surface area (Å²) in [6.07, 6.45) is -0.954. The first-order chi connectivity index (χ1) is 11.9. The molecule has 0 aliphatic rings. The fourth-order valence-corrected chi connectivity index (χ4v) is 2.29. The topological polar surface area (TPSA) is 73.9 Å². The number of nitrogens with one attached hydrogen (secondary N) is 1. The van der Waals surface area contributed by atoms with Gasteiger partial charge in [-0.15, -0.1) is 0 Å². The van der Waals surface area contributed by atoms with E-state index in [1.54, 1.807) is 36.4 Å². The fourth-order valence-electron chi connectivity index (χ4n) is 2.02. The molecule has 0 bridgehead atoms. The fraction of sp³-hybridized carbons (Fsp3) is 0.222. The number of anilines is 1. The van der Waals surface area contributed by atoms with E-state index in [4.69, 9.17) is 14.2 Å². The third kappa shape index (κ3) is 4.96. The van der Waals surface area contributed by atoms with Crippen LogP contribution in [0, 0.1) is 0 Å². The summed E-state index contributed by atoms with van der Waals surface area (Å²) in [6, 6.07) is 11.7. The van der Waals surface area contributed by atoms with Crippen molar-refractivity contribution in [2.24, 2.45) is 0 Å². The van der Waals surface area contributed by atoms with Crippen LogP contribution in [0.4, 0.5) is 5.69 Å². The molecule has 1 amide bonds. The summed E-state index contributed by atoms with van der Waals surface area (Å²) in [7, 11) is 2.98. The second-order valence-corrected chi connectivity index (χ2v) is 6.03. The van der Waals surface area contributed by atoms with E-state index < -0.39 is 18.0 Å². The summed E-state index contributed by atoms with van der Waals surface area (Å²) >= 11 is 3.32. The number of carbonyl (C=O) groups is 2. The molecule has 0 spiro atoms. The summed E-state index contributed by atoms with van der Waals surface area (Å²) in [4.78, 5) is 24.4. The highest BCUT2D eigenvalue weighted by Gasteiger charge is 2.20. The van der Waals surface area contributed by atoms with Crippen molar-refractivity contribution in [1.82, 2.24) is 0 Å².